The molecule has 2 nitrogen and oxygen atoms in total. The smallest absolute Gasteiger partial charge is 0.155 e. The van der Waals surface area contributed by atoms with Gasteiger partial charge in [-0.25, -0.2) is 0 Å². The second-order valence-corrected chi connectivity index (χ2v) is 5.52. The third-order valence-corrected chi connectivity index (χ3v) is 4.07. The summed E-state index contributed by atoms with van der Waals surface area (Å²) in [6.45, 7) is 2.07. The van der Waals surface area contributed by atoms with Gasteiger partial charge in [0.2, 0.25) is 0 Å². The number of carbonyl (C=O) groups excluding carboxylic acids is 1. The molecule has 1 atom stereocenters. The van der Waals surface area contributed by atoms with Crippen molar-refractivity contribution in [2.45, 2.75) is 38.6 Å². The average Bonchev–Trinajstić information content (AvgIpc) is 2.66. The van der Waals surface area contributed by atoms with Crippen LogP contribution in [-0.4, -0.2) is 10.4 Å². The highest BCUT2D eigenvalue weighted by atomic mass is 35.5. The Bertz CT molecular complexity index is 614. The summed E-state index contributed by atoms with van der Waals surface area (Å²) in [7, 11) is 0. The van der Waals surface area contributed by atoms with Crippen LogP contribution >= 0.6 is 11.6 Å². The molecule has 3 rings (SSSR count). The van der Waals surface area contributed by atoms with E-state index in [4.69, 9.17) is 11.6 Å². The van der Waals surface area contributed by atoms with Crippen LogP contribution in [0.25, 0.3) is 10.9 Å². The number of nitrogens with zero attached hydrogens (tertiary/aromatic N) is 1. The van der Waals surface area contributed by atoms with Gasteiger partial charge in [0.05, 0.1) is 11.6 Å². The fraction of sp³-hybridized carbons (Fsp3) is 0.400. The summed E-state index contributed by atoms with van der Waals surface area (Å²) in [4.78, 5) is 12.1. The van der Waals surface area contributed by atoms with Gasteiger partial charge in [-0.05, 0) is 43.4 Å². The molecule has 0 radical (unpaired) electrons. The first-order valence-corrected chi connectivity index (χ1v) is 6.84. The largest absolute Gasteiger partial charge is 0.334 e. The predicted molar refractivity (Wildman–Crippen MR) is 74.2 cm³/mol. The minimum atomic E-state index is 0.00900. The third-order valence-electron chi connectivity index (χ3n) is 3.83. The zero-order valence-electron chi connectivity index (χ0n) is 10.4. The molecule has 0 bridgehead atoms. The standard InChI is InChI=1S/C15H16ClNO/c1-10-8-11-6-7-12(16)9-14(11)17(10)13-4-2-3-5-15(13)18/h6-9,13H,2-5H2,1H3. The molecule has 0 saturated heterocycles. The van der Waals surface area contributed by atoms with E-state index >= 15 is 0 Å². The number of aromatic nitrogens is 1. The average molecular weight is 262 g/mol. The van der Waals surface area contributed by atoms with Crippen molar-refractivity contribution in [2.75, 3.05) is 0 Å². The van der Waals surface area contributed by atoms with Crippen LogP contribution in [0.15, 0.2) is 24.3 Å². The first-order valence-electron chi connectivity index (χ1n) is 6.46. The summed E-state index contributed by atoms with van der Waals surface area (Å²) >= 11 is 6.08. The second-order valence-electron chi connectivity index (χ2n) is 5.09. The summed E-state index contributed by atoms with van der Waals surface area (Å²) < 4.78 is 2.17. The Morgan fingerprint density at radius 1 is 1.28 bits per heavy atom. The number of hydrogen-bond acceptors (Lipinski definition) is 1. The number of carbonyl (C=O) groups is 1. The number of hydrogen-bond donors (Lipinski definition) is 0. The van der Waals surface area contributed by atoms with Gasteiger partial charge >= 0.3 is 0 Å². The fourth-order valence-electron chi connectivity index (χ4n) is 2.98. The van der Waals surface area contributed by atoms with Crippen LogP contribution in [0.3, 0.4) is 0 Å². The van der Waals surface area contributed by atoms with E-state index in [-0.39, 0.29) is 6.04 Å². The molecule has 3 heteroatoms. The van der Waals surface area contributed by atoms with Crippen molar-refractivity contribution in [1.82, 2.24) is 4.57 Å². The summed E-state index contributed by atoms with van der Waals surface area (Å²) in [5, 5.41) is 1.89. The van der Waals surface area contributed by atoms with E-state index in [0.29, 0.717) is 12.2 Å². The topological polar surface area (TPSA) is 22.0 Å². The van der Waals surface area contributed by atoms with E-state index in [1.165, 1.54) is 0 Å². The molecule has 1 unspecified atom stereocenters. The Labute approximate surface area is 112 Å². The number of aryl methyl sites for hydroxylation is 1. The van der Waals surface area contributed by atoms with E-state index in [0.717, 1.165) is 40.9 Å². The molecule has 2 aromatic rings. The van der Waals surface area contributed by atoms with E-state index in [2.05, 4.69) is 17.6 Å². The maximum atomic E-state index is 12.1. The number of rotatable bonds is 1. The van der Waals surface area contributed by atoms with Gasteiger partial charge in [0, 0.05) is 17.1 Å². The van der Waals surface area contributed by atoms with Gasteiger partial charge in [-0.3, -0.25) is 4.79 Å². The van der Waals surface area contributed by atoms with E-state index < -0.39 is 0 Å². The molecule has 1 aromatic carbocycles. The van der Waals surface area contributed by atoms with Crippen LogP contribution in [0.2, 0.25) is 5.02 Å². The maximum absolute atomic E-state index is 12.1. The van der Waals surface area contributed by atoms with Gasteiger partial charge in [-0.15, -0.1) is 0 Å². The van der Waals surface area contributed by atoms with Crippen LogP contribution in [-0.2, 0) is 4.79 Å². The Balaban J connectivity index is 2.17. The van der Waals surface area contributed by atoms with Crippen LogP contribution < -0.4 is 0 Å². The van der Waals surface area contributed by atoms with Crippen molar-refractivity contribution < 1.29 is 4.79 Å². The molecule has 18 heavy (non-hydrogen) atoms. The molecule has 1 aliphatic carbocycles. The lowest BCUT2D eigenvalue weighted by atomic mass is 9.93. The Kier molecular flexibility index (Phi) is 2.90. The van der Waals surface area contributed by atoms with Gasteiger partial charge in [0.25, 0.3) is 0 Å². The first kappa shape index (κ1) is 11.8. The van der Waals surface area contributed by atoms with Crippen molar-refractivity contribution in [3.63, 3.8) is 0 Å². The van der Waals surface area contributed by atoms with Gasteiger partial charge in [-0.2, -0.15) is 0 Å². The zero-order chi connectivity index (χ0) is 12.7. The van der Waals surface area contributed by atoms with Crippen molar-refractivity contribution in [1.29, 1.82) is 0 Å². The van der Waals surface area contributed by atoms with E-state index in [1.54, 1.807) is 0 Å². The number of halogens is 1. The first-order chi connectivity index (χ1) is 8.66. The molecule has 0 N–H and O–H groups in total. The summed E-state index contributed by atoms with van der Waals surface area (Å²) in [6.07, 6.45) is 3.84. The molecule has 1 heterocycles. The van der Waals surface area contributed by atoms with Crippen molar-refractivity contribution in [3.05, 3.63) is 35.0 Å². The minimum absolute atomic E-state index is 0.00900. The normalized spacial score (nSPS) is 20.6. The van der Waals surface area contributed by atoms with Gasteiger partial charge in [0.1, 0.15) is 0 Å². The SMILES string of the molecule is Cc1cc2ccc(Cl)cc2n1C1CCCCC1=O. The molecule has 94 valence electrons. The molecule has 0 amide bonds. The summed E-state index contributed by atoms with van der Waals surface area (Å²) in [5.74, 6) is 0.363. The quantitative estimate of drug-likeness (QED) is 0.751. The van der Waals surface area contributed by atoms with Gasteiger partial charge in [-0.1, -0.05) is 24.1 Å². The summed E-state index contributed by atoms with van der Waals surface area (Å²) in [5.41, 5.74) is 2.23. The number of fused-ring (bicyclic) bond motifs is 1. The van der Waals surface area contributed by atoms with E-state index in [9.17, 15) is 4.79 Å². The molecule has 1 aromatic heterocycles. The number of ketones is 1. The molecular formula is C15H16ClNO. The Morgan fingerprint density at radius 2 is 2.11 bits per heavy atom. The van der Waals surface area contributed by atoms with Crippen LogP contribution in [0.5, 0.6) is 0 Å². The van der Waals surface area contributed by atoms with E-state index in [1.807, 2.05) is 18.2 Å². The minimum Gasteiger partial charge on any atom is -0.334 e. The van der Waals surface area contributed by atoms with Crippen LogP contribution in [0.4, 0.5) is 0 Å². The molecule has 1 fully saturated rings. The third kappa shape index (κ3) is 1.85. The Hall–Kier alpha value is -1.28. The van der Waals surface area contributed by atoms with Gasteiger partial charge < -0.3 is 4.57 Å². The highest BCUT2D eigenvalue weighted by Gasteiger charge is 2.25. The highest BCUT2D eigenvalue weighted by molar-refractivity contribution is 6.31. The molecule has 0 aliphatic heterocycles. The Morgan fingerprint density at radius 3 is 2.89 bits per heavy atom. The molecule has 0 spiro atoms. The lowest BCUT2D eigenvalue weighted by molar-refractivity contribution is -0.123. The number of Topliss-reactive ketones (excluding diaryl/α,β-unsaturated/α-hetero) is 1. The van der Waals surface area contributed by atoms with Crippen LogP contribution in [0.1, 0.15) is 37.4 Å². The second kappa shape index (κ2) is 4.43. The monoisotopic (exact) mass is 261 g/mol. The van der Waals surface area contributed by atoms with Crippen molar-refractivity contribution >= 4 is 28.3 Å². The lowest BCUT2D eigenvalue weighted by Gasteiger charge is -2.24. The maximum Gasteiger partial charge on any atom is 0.155 e. The van der Waals surface area contributed by atoms with Gasteiger partial charge in [0.15, 0.2) is 5.78 Å². The summed E-state index contributed by atoms with van der Waals surface area (Å²) in [6, 6.07) is 8.03. The van der Waals surface area contributed by atoms with Crippen LogP contribution in [0, 0.1) is 6.92 Å². The molecule has 1 aliphatic rings. The molecular weight excluding hydrogens is 246 g/mol. The number of benzene rings is 1. The lowest BCUT2D eigenvalue weighted by Crippen LogP contribution is -2.23. The molecule has 1 saturated carbocycles. The van der Waals surface area contributed by atoms with Crippen molar-refractivity contribution in [2.24, 2.45) is 0 Å². The fourth-order valence-corrected chi connectivity index (χ4v) is 3.15. The zero-order valence-corrected chi connectivity index (χ0v) is 11.2. The van der Waals surface area contributed by atoms with Crippen molar-refractivity contribution in [3.8, 4) is 0 Å². The highest BCUT2D eigenvalue weighted by Crippen LogP contribution is 2.32. The predicted octanol–water partition coefficient (Wildman–Crippen LogP) is 4.29.